The number of nitrogens with one attached hydrogen (secondary N) is 1. The monoisotopic (exact) mass is 384 g/mol. The van der Waals surface area contributed by atoms with E-state index in [0.717, 1.165) is 45.6 Å². The summed E-state index contributed by atoms with van der Waals surface area (Å²) in [7, 11) is 0. The summed E-state index contributed by atoms with van der Waals surface area (Å²) in [4.78, 5) is 25.5. The van der Waals surface area contributed by atoms with Gasteiger partial charge in [-0.3, -0.25) is 10.1 Å². The van der Waals surface area contributed by atoms with Crippen LogP contribution in [-0.4, -0.2) is 54.2 Å². The molecule has 0 bridgehead atoms. The number of anilines is 3. The molecule has 9 nitrogen and oxygen atoms in total. The van der Waals surface area contributed by atoms with Crippen LogP contribution in [-0.2, 0) is 6.54 Å². The predicted octanol–water partition coefficient (Wildman–Crippen LogP) is 0.472. The van der Waals surface area contributed by atoms with Crippen LogP contribution in [0.25, 0.3) is 0 Å². The van der Waals surface area contributed by atoms with E-state index in [1.54, 1.807) is 0 Å². The van der Waals surface area contributed by atoms with Gasteiger partial charge in [-0.05, 0) is 12.8 Å². The van der Waals surface area contributed by atoms with E-state index in [1.807, 2.05) is 11.0 Å². The highest BCUT2D eigenvalue weighted by atomic mass is 16.6. The molecule has 148 valence electrons. The molecule has 2 aliphatic heterocycles. The molecule has 0 amide bonds. The van der Waals surface area contributed by atoms with Crippen LogP contribution in [0.4, 0.5) is 23.3 Å². The van der Waals surface area contributed by atoms with Gasteiger partial charge in [-0.25, -0.2) is 0 Å². The Bertz CT molecular complexity index is 832. The Kier molecular flexibility index (Phi) is 5.25. The van der Waals surface area contributed by atoms with Crippen molar-refractivity contribution in [2.24, 2.45) is 0 Å². The maximum Gasteiger partial charge on any atom is 0.353 e. The van der Waals surface area contributed by atoms with Gasteiger partial charge >= 0.3 is 5.69 Å². The fraction of sp³-hybridized carbons (Fsp3) is 0.474. The Balaban J connectivity index is 1.52. The molecule has 9 heteroatoms. The number of hydrogen-bond acceptors (Lipinski definition) is 7. The molecular formula is C19H26N7O2+. The normalized spacial score (nSPS) is 17.9. The first-order valence-corrected chi connectivity index (χ1v) is 9.81. The average molecular weight is 384 g/mol. The number of nitro groups is 1. The fourth-order valence-electron chi connectivity index (χ4n) is 4.00. The third-order valence-corrected chi connectivity index (χ3v) is 5.52. The number of rotatable bonds is 5. The number of benzene rings is 1. The van der Waals surface area contributed by atoms with Gasteiger partial charge < -0.3 is 20.4 Å². The molecule has 2 aromatic rings. The second-order valence-corrected chi connectivity index (χ2v) is 7.43. The molecule has 0 radical (unpaired) electrons. The zero-order valence-corrected chi connectivity index (χ0v) is 15.9. The van der Waals surface area contributed by atoms with Crippen molar-refractivity contribution in [3.05, 3.63) is 46.0 Å². The van der Waals surface area contributed by atoms with Crippen molar-refractivity contribution in [1.82, 2.24) is 9.97 Å². The lowest BCUT2D eigenvalue weighted by Crippen LogP contribution is -3.13. The molecule has 0 spiro atoms. The zero-order chi connectivity index (χ0) is 19.5. The van der Waals surface area contributed by atoms with Crippen LogP contribution in [0, 0.1) is 10.1 Å². The summed E-state index contributed by atoms with van der Waals surface area (Å²) >= 11 is 0. The molecule has 4 rings (SSSR count). The number of quaternary nitrogens is 1. The SMILES string of the molecule is Nc1nc(N2CCCC2)nc(N2CC[NH+](Cc3ccccc3)CC2)c1[N+](=O)[O-]. The maximum absolute atomic E-state index is 11.6. The summed E-state index contributed by atoms with van der Waals surface area (Å²) in [5.74, 6) is 0.823. The molecule has 1 aromatic carbocycles. The van der Waals surface area contributed by atoms with Crippen molar-refractivity contribution >= 4 is 23.3 Å². The van der Waals surface area contributed by atoms with Gasteiger partial charge in [0.05, 0.1) is 31.1 Å². The number of aromatic nitrogens is 2. The molecule has 2 saturated heterocycles. The summed E-state index contributed by atoms with van der Waals surface area (Å²) in [5, 5.41) is 11.6. The molecular weight excluding hydrogens is 358 g/mol. The average Bonchev–Trinajstić information content (AvgIpc) is 3.23. The Hall–Kier alpha value is -2.94. The van der Waals surface area contributed by atoms with E-state index < -0.39 is 4.92 Å². The Morgan fingerprint density at radius 3 is 2.36 bits per heavy atom. The number of nitrogens with zero attached hydrogens (tertiary/aromatic N) is 5. The van der Waals surface area contributed by atoms with E-state index >= 15 is 0 Å². The molecule has 0 atom stereocenters. The van der Waals surface area contributed by atoms with Gasteiger partial charge in [-0.2, -0.15) is 9.97 Å². The van der Waals surface area contributed by atoms with Crippen molar-refractivity contribution in [2.75, 3.05) is 54.8 Å². The van der Waals surface area contributed by atoms with E-state index in [1.165, 1.54) is 10.5 Å². The smallest absolute Gasteiger partial charge is 0.353 e. The highest BCUT2D eigenvalue weighted by Gasteiger charge is 2.32. The predicted molar refractivity (Wildman–Crippen MR) is 108 cm³/mol. The molecule has 2 aliphatic rings. The van der Waals surface area contributed by atoms with Crippen LogP contribution in [0.15, 0.2) is 30.3 Å². The summed E-state index contributed by atoms with van der Waals surface area (Å²) in [6, 6.07) is 10.4. The first-order chi connectivity index (χ1) is 13.6. The number of piperazine rings is 1. The maximum atomic E-state index is 11.6. The minimum absolute atomic E-state index is 0.0454. The van der Waals surface area contributed by atoms with Crippen molar-refractivity contribution in [1.29, 1.82) is 0 Å². The van der Waals surface area contributed by atoms with Crippen LogP contribution in [0.3, 0.4) is 0 Å². The first kappa shape index (κ1) is 18.4. The van der Waals surface area contributed by atoms with Gasteiger partial charge in [0, 0.05) is 18.7 Å². The lowest BCUT2D eigenvalue weighted by molar-refractivity contribution is -0.914. The Labute approximate surface area is 163 Å². The molecule has 1 aromatic heterocycles. The number of nitrogen functional groups attached to an aromatic ring is 1. The van der Waals surface area contributed by atoms with Crippen LogP contribution in [0.5, 0.6) is 0 Å². The standard InChI is InChI=1S/C19H25N7O2/c20-17-16(26(27)28)18(22-19(21-17)25-8-4-5-9-25)24-12-10-23(11-13-24)14-15-6-2-1-3-7-15/h1-3,6-7H,4-5,8-14H2,(H2,20,21,22)/p+1. The van der Waals surface area contributed by atoms with Crippen LogP contribution < -0.4 is 20.4 Å². The molecule has 2 fully saturated rings. The van der Waals surface area contributed by atoms with Gasteiger partial charge in [0.1, 0.15) is 6.54 Å². The zero-order valence-electron chi connectivity index (χ0n) is 15.9. The van der Waals surface area contributed by atoms with Gasteiger partial charge in [0.15, 0.2) is 0 Å². The molecule has 0 saturated carbocycles. The third kappa shape index (κ3) is 3.84. The van der Waals surface area contributed by atoms with Gasteiger partial charge in [0.2, 0.25) is 17.6 Å². The van der Waals surface area contributed by atoms with Gasteiger partial charge in [-0.1, -0.05) is 30.3 Å². The summed E-state index contributed by atoms with van der Waals surface area (Å²) in [6.45, 7) is 5.90. The van der Waals surface area contributed by atoms with E-state index in [9.17, 15) is 10.1 Å². The first-order valence-electron chi connectivity index (χ1n) is 9.81. The van der Waals surface area contributed by atoms with Crippen molar-refractivity contribution in [3.63, 3.8) is 0 Å². The van der Waals surface area contributed by atoms with E-state index in [-0.39, 0.29) is 11.5 Å². The molecule has 0 aliphatic carbocycles. The number of hydrogen-bond donors (Lipinski definition) is 2. The summed E-state index contributed by atoms with van der Waals surface area (Å²) in [5.41, 5.74) is 7.11. The van der Waals surface area contributed by atoms with Crippen molar-refractivity contribution in [2.45, 2.75) is 19.4 Å². The topological polar surface area (TPSA) is 106 Å². The van der Waals surface area contributed by atoms with Crippen LogP contribution in [0.2, 0.25) is 0 Å². The highest BCUT2D eigenvalue weighted by Crippen LogP contribution is 2.33. The minimum Gasteiger partial charge on any atom is -0.378 e. The Morgan fingerprint density at radius 1 is 1.04 bits per heavy atom. The van der Waals surface area contributed by atoms with Crippen molar-refractivity contribution in [3.8, 4) is 0 Å². The number of nitrogens with two attached hydrogens (primary N) is 1. The summed E-state index contributed by atoms with van der Waals surface area (Å²) < 4.78 is 0. The second-order valence-electron chi connectivity index (χ2n) is 7.43. The van der Waals surface area contributed by atoms with Crippen LogP contribution >= 0.6 is 0 Å². The molecule has 28 heavy (non-hydrogen) atoms. The lowest BCUT2D eigenvalue weighted by Gasteiger charge is -2.33. The van der Waals surface area contributed by atoms with E-state index in [0.29, 0.717) is 24.9 Å². The second kappa shape index (κ2) is 7.97. The molecule has 3 N–H and O–H groups in total. The highest BCUT2D eigenvalue weighted by molar-refractivity contribution is 5.71. The quantitative estimate of drug-likeness (QED) is 0.570. The fourth-order valence-corrected chi connectivity index (χ4v) is 4.00. The third-order valence-electron chi connectivity index (χ3n) is 5.52. The largest absolute Gasteiger partial charge is 0.378 e. The van der Waals surface area contributed by atoms with Crippen molar-refractivity contribution < 1.29 is 9.82 Å². The van der Waals surface area contributed by atoms with E-state index in [4.69, 9.17) is 5.73 Å². The Morgan fingerprint density at radius 2 is 1.71 bits per heavy atom. The minimum atomic E-state index is -0.457. The van der Waals surface area contributed by atoms with Gasteiger partial charge in [0.25, 0.3) is 0 Å². The van der Waals surface area contributed by atoms with Gasteiger partial charge in [-0.15, -0.1) is 0 Å². The summed E-state index contributed by atoms with van der Waals surface area (Å²) in [6.07, 6.45) is 2.16. The molecule has 3 heterocycles. The van der Waals surface area contributed by atoms with E-state index in [2.05, 4.69) is 39.1 Å². The van der Waals surface area contributed by atoms with Crippen LogP contribution in [0.1, 0.15) is 18.4 Å². The molecule has 0 unspecified atom stereocenters. The lowest BCUT2D eigenvalue weighted by atomic mass is 10.2.